The summed E-state index contributed by atoms with van der Waals surface area (Å²) in [6.07, 6.45) is -4.98. The molecule has 0 aliphatic heterocycles. The molecule has 1 heterocycles. The lowest BCUT2D eigenvalue weighted by atomic mass is 10.3. The molecule has 0 saturated heterocycles. The van der Waals surface area contributed by atoms with Gasteiger partial charge in [-0.15, -0.1) is 0 Å². The number of hydrogen-bond acceptors (Lipinski definition) is 5. The van der Waals surface area contributed by atoms with E-state index in [1.807, 2.05) is 5.32 Å². The number of nitro groups is 1. The Kier molecular flexibility index (Phi) is 4.10. The summed E-state index contributed by atoms with van der Waals surface area (Å²) in [5.74, 6) is -1.94. The minimum absolute atomic E-state index is 0.391. The van der Waals surface area contributed by atoms with Gasteiger partial charge in [-0.3, -0.25) is 14.9 Å². The summed E-state index contributed by atoms with van der Waals surface area (Å²) >= 11 is 0. The van der Waals surface area contributed by atoms with Crippen molar-refractivity contribution in [1.29, 1.82) is 0 Å². The van der Waals surface area contributed by atoms with E-state index in [-0.39, 0.29) is 0 Å². The maximum atomic E-state index is 11.9. The second-order valence-corrected chi connectivity index (χ2v) is 3.01. The second-order valence-electron chi connectivity index (χ2n) is 3.01. The van der Waals surface area contributed by atoms with Gasteiger partial charge in [0.05, 0.1) is 6.07 Å². The lowest BCUT2D eigenvalue weighted by Crippen LogP contribution is -2.35. The van der Waals surface area contributed by atoms with Crippen molar-refractivity contribution in [1.82, 2.24) is 5.32 Å². The quantitative estimate of drug-likeness (QED) is 0.586. The van der Waals surface area contributed by atoms with Crippen LogP contribution < -0.4 is 5.32 Å². The Morgan fingerprint density at radius 1 is 1.59 bits per heavy atom. The van der Waals surface area contributed by atoms with Gasteiger partial charge in [-0.1, -0.05) is 0 Å². The SMILES string of the molecule is O=C(NCC(O)C(F)F)c1ccc([N+](=O)[O-])o1. The van der Waals surface area contributed by atoms with Crippen LogP contribution in [0, 0.1) is 10.1 Å². The van der Waals surface area contributed by atoms with Crippen molar-refractivity contribution in [3.63, 3.8) is 0 Å². The molecule has 0 bridgehead atoms. The minimum atomic E-state index is -2.98. The van der Waals surface area contributed by atoms with Gasteiger partial charge in [-0.05, 0) is 6.07 Å². The Balaban J connectivity index is 2.55. The van der Waals surface area contributed by atoms with Gasteiger partial charge in [0.1, 0.15) is 11.0 Å². The molecule has 1 unspecified atom stereocenters. The highest BCUT2D eigenvalue weighted by molar-refractivity contribution is 5.91. The first kappa shape index (κ1) is 13.0. The Morgan fingerprint density at radius 3 is 2.71 bits per heavy atom. The van der Waals surface area contributed by atoms with Crippen LogP contribution in [0.5, 0.6) is 0 Å². The topological polar surface area (TPSA) is 106 Å². The molecular weight excluding hydrogens is 242 g/mol. The van der Waals surface area contributed by atoms with Crippen LogP contribution in [0.2, 0.25) is 0 Å². The lowest BCUT2D eigenvalue weighted by Gasteiger charge is -2.09. The third kappa shape index (κ3) is 3.48. The highest BCUT2D eigenvalue weighted by atomic mass is 19.3. The summed E-state index contributed by atoms with van der Waals surface area (Å²) < 4.78 is 28.3. The van der Waals surface area contributed by atoms with Gasteiger partial charge in [-0.25, -0.2) is 8.78 Å². The third-order valence-corrected chi connectivity index (χ3v) is 1.76. The van der Waals surface area contributed by atoms with Crippen molar-refractivity contribution in [2.24, 2.45) is 0 Å². The first-order chi connectivity index (χ1) is 7.91. The lowest BCUT2D eigenvalue weighted by molar-refractivity contribution is -0.402. The molecule has 0 aliphatic carbocycles. The van der Waals surface area contributed by atoms with E-state index in [0.717, 1.165) is 12.1 Å². The Bertz CT molecular complexity index is 420. The van der Waals surface area contributed by atoms with Crippen LogP contribution in [0.15, 0.2) is 16.5 Å². The van der Waals surface area contributed by atoms with Gasteiger partial charge < -0.3 is 14.8 Å². The van der Waals surface area contributed by atoms with Crippen LogP contribution in [-0.2, 0) is 0 Å². The van der Waals surface area contributed by atoms with E-state index >= 15 is 0 Å². The van der Waals surface area contributed by atoms with Crippen LogP contribution in [0.4, 0.5) is 14.7 Å². The molecule has 1 rings (SSSR count). The van der Waals surface area contributed by atoms with Gasteiger partial charge in [0, 0.05) is 6.54 Å². The first-order valence-corrected chi connectivity index (χ1v) is 4.40. The largest absolute Gasteiger partial charge is 0.433 e. The van der Waals surface area contributed by atoms with E-state index < -0.39 is 41.5 Å². The molecule has 94 valence electrons. The number of furan rings is 1. The number of aliphatic hydroxyl groups excluding tert-OH is 1. The molecule has 0 aromatic carbocycles. The Labute approximate surface area is 93.2 Å². The number of carbonyl (C=O) groups is 1. The van der Waals surface area contributed by atoms with Crippen molar-refractivity contribution in [3.8, 4) is 0 Å². The fourth-order valence-electron chi connectivity index (χ4n) is 0.921. The van der Waals surface area contributed by atoms with E-state index in [4.69, 9.17) is 5.11 Å². The maximum Gasteiger partial charge on any atom is 0.433 e. The van der Waals surface area contributed by atoms with Crippen molar-refractivity contribution >= 4 is 11.8 Å². The van der Waals surface area contributed by atoms with Crippen LogP contribution in [0.1, 0.15) is 10.6 Å². The molecular formula is C8H8F2N2O5. The van der Waals surface area contributed by atoms with Crippen LogP contribution in [0.25, 0.3) is 0 Å². The number of carbonyl (C=O) groups excluding carboxylic acids is 1. The first-order valence-electron chi connectivity index (χ1n) is 4.40. The van der Waals surface area contributed by atoms with Gasteiger partial charge in [0.2, 0.25) is 0 Å². The maximum absolute atomic E-state index is 11.9. The van der Waals surface area contributed by atoms with Gasteiger partial charge >= 0.3 is 5.88 Å². The smallest absolute Gasteiger partial charge is 0.395 e. The molecule has 9 heteroatoms. The number of alkyl halides is 2. The highest BCUT2D eigenvalue weighted by Crippen LogP contribution is 2.15. The van der Waals surface area contributed by atoms with E-state index in [0.29, 0.717) is 0 Å². The summed E-state index contributed by atoms with van der Waals surface area (Å²) in [6, 6.07) is 1.99. The predicted octanol–water partition coefficient (Wildman–Crippen LogP) is 0.544. The zero-order valence-electron chi connectivity index (χ0n) is 8.30. The molecule has 0 aliphatic rings. The molecule has 1 atom stereocenters. The number of rotatable bonds is 5. The molecule has 1 aromatic heterocycles. The Morgan fingerprint density at radius 2 is 2.24 bits per heavy atom. The summed E-state index contributed by atoms with van der Waals surface area (Å²) in [5.41, 5.74) is 0. The zero-order valence-corrected chi connectivity index (χ0v) is 8.30. The van der Waals surface area contributed by atoms with E-state index in [1.165, 1.54) is 0 Å². The van der Waals surface area contributed by atoms with Crippen LogP contribution in [-0.4, -0.2) is 35.0 Å². The van der Waals surface area contributed by atoms with E-state index in [1.54, 1.807) is 0 Å². The minimum Gasteiger partial charge on any atom is -0.395 e. The molecule has 7 nitrogen and oxygen atoms in total. The summed E-state index contributed by atoms with van der Waals surface area (Å²) in [4.78, 5) is 20.6. The van der Waals surface area contributed by atoms with Gasteiger partial charge in [0.25, 0.3) is 12.3 Å². The number of nitrogens with zero attached hydrogens (tertiary/aromatic N) is 1. The molecule has 2 N–H and O–H groups in total. The number of hydrogen-bond donors (Lipinski definition) is 2. The number of halogens is 2. The van der Waals surface area contributed by atoms with Crippen molar-refractivity contribution < 1.29 is 28.0 Å². The van der Waals surface area contributed by atoms with Gasteiger partial charge in [0.15, 0.2) is 5.76 Å². The number of nitrogens with one attached hydrogen (secondary N) is 1. The zero-order chi connectivity index (χ0) is 13.0. The molecule has 1 amide bonds. The molecule has 0 spiro atoms. The predicted molar refractivity (Wildman–Crippen MR) is 49.7 cm³/mol. The normalized spacial score (nSPS) is 12.5. The van der Waals surface area contributed by atoms with E-state index in [2.05, 4.69) is 4.42 Å². The standard InChI is InChI=1S/C8H8F2N2O5/c9-7(10)4(13)3-11-8(14)5-1-2-6(17-5)12(15)16/h1-2,4,7,13H,3H2,(H,11,14). The third-order valence-electron chi connectivity index (χ3n) is 1.76. The fraction of sp³-hybridized carbons (Fsp3) is 0.375. The molecule has 0 radical (unpaired) electrons. The number of aliphatic hydroxyl groups is 1. The van der Waals surface area contributed by atoms with Crippen LogP contribution >= 0.6 is 0 Å². The molecule has 1 aromatic rings. The fourth-order valence-corrected chi connectivity index (χ4v) is 0.921. The monoisotopic (exact) mass is 250 g/mol. The molecule has 0 saturated carbocycles. The summed E-state index contributed by atoms with van der Waals surface area (Å²) in [6.45, 7) is -0.676. The van der Waals surface area contributed by atoms with Crippen molar-refractivity contribution in [3.05, 3.63) is 28.0 Å². The Hall–Kier alpha value is -2.03. The average Bonchev–Trinajstić information content (AvgIpc) is 2.74. The highest BCUT2D eigenvalue weighted by Gasteiger charge is 2.20. The van der Waals surface area contributed by atoms with E-state index in [9.17, 15) is 23.7 Å². The summed E-state index contributed by atoms with van der Waals surface area (Å²) in [5, 5.41) is 20.9. The average molecular weight is 250 g/mol. The molecule has 0 fully saturated rings. The summed E-state index contributed by atoms with van der Waals surface area (Å²) in [7, 11) is 0. The number of amides is 1. The van der Waals surface area contributed by atoms with Crippen molar-refractivity contribution in [2.75, 3.05) is 6.54 Å². The van der Waals surface area contributed by atoms with Crippen LogP contribution in [0.3, 0.4) is 0 Å². The second kappa shape index (κ2) is 5.34. The van der Waals surface area contributed by atoms with Crippen molar-refractivity contribution in [2.45, 2.75) is 12.5 Å². The molecule has 17 heavy (non-hydrogen) atoms. The van der Waals surface area contributed by atoms with Gasteiger partial charge in [-0.2, -0.15) is 0 Å².